The summed E-state index contributed by atoms with van der Waals surface area (Å²) >= 11 is 7.64. The van der Waals surface area contributed by atoms with Gasteiger partial charge in [-0.15, -0.1) is 0 Å². The van der Waals surface area contributed by atoms with Crippen LogP contribution < -0.4 is 14.8 Å². The maximum Gasteiger partial charge on any atom is 0.294 e. The van der Waals surface area contributed by atoms with E-state index in [4.69, 9.17) is 9.47 Å². The monoisotopic (exact) mass is 648 g/mol. The number of benzene rings is 3. The van der Waals surface area contributed by atoms with Crippen molar-refractivity contribution in [1.82, 2.24) is 4.90 Å². The number of carbonyl (C=O) groups is 3. The van der Waals surface area contributed by atoms with Gasteiger partial charge in [-0.05, 0) is 85.6 Å². The van der Waals surface area contributed by atoms with Crippen LogP contribution in [0.1, 0.15) is 11.1 Å². The molecule has 0 atom stereocenters. The zero-order chi connectivity index (χ0) is 26.5. The number of hydrogen-bond donors (Lipinski definition) is 1. The van der Waals surface area contributed by atoms with Crippen LogP contribution in [0.5, 0.6) is 11.5 Å². The van der Waals surface area contributed by atoms with Gasteiger partial charge in [-0.3, -0.25) is 19.3 Å². The summed E-state index contributed by atoms with van der Waals surface area (Å²) < 4.78 is 26.0. The number of rotatable bonds is 8. The Hall–Kier alpha value is -3.15. The van der Waals surface area contributed by atoms with Gasteiger partial charge in [-0.25, -0.2) is 4.39 Å². The molecule has 3 amide bonds. The molecule has 0 saturated carbocycles. The number of hydrogen-bond acceptors (Lipinski definition) is 6. The molecule has 37 heavy (non-hydrogen) atoms. The van der Waals surface area contributed by atoms with Gasteiger partial charge in [0.15, 0.2) is 0 Å². The smallest absolute Gasteiger partial charge is 0.294 e. The van der Waals surface area contributed by atoms with Gasteiger partial charge < -0.3 is 14.8 Å². The highest BCUT2D eigenvalue weighted by Gasteiger charge is 2.36. The molecule has 3 aromatic carbocycles. The number of anilines is 1. The van der Waals surface area contributed by atoms with E-state index in [1.165, 1.54) is 13.2 Å². The highest BCUT2D eigenvalue weighted by atomic mass is 79.9. The lowest BCUT2D eigenvalue weighted by atomic mass is 10.2. The van der Waals surface area contributed by atoms with Gasteiger partial charge >= 0.3 is 0 Å². The maximum absolute atomic E-state index is 13.9. The van der Waals surface area contributed by atoms with Crippen molar-refractivity contribution in [3.63, 3.8) is 0 Å². The zero-order valence-electron chi connectivity index (χ0n) is 19.3. The Morgan fingerprint density at radius 1 is 1.08 bits per heavy atom. The molecule has 0 aromatic heterocycles. The second-order valence-electron chi connectivity index (χ2n) is 7.71. The van der Waals surface area contributed by atoms with Crippen molar-refractivity contribution in [2.75, 3.05) is 19.0 Å². The molecule has 1 aliphatic rings. The van der Waals surface area contributed by atoms with Gasteiger partial charge in [0.05, 0.1) is 26.6 Å². The SMILES string of the molecule is COc1ccccc1NC(=O)CN1C(=O)S/C(=C/c2cc(Br)c(OCc3ccccc3F)c(Br)c2)C1=O. The van der Waals surface area contributed by atoms with Crippen LogP contribution in [0.4, 0.5) is 14.9 Å². The molecular weight excluding hydrogens is 631 g/mol. The van der Waals surface area contributed by atoms with Gasteiger partial charge in [0, 0.05) is 5.56 Å². The Kier molecular flexibility index (Phi) is 8.67. The van der Waals surface area contributed by atoms with Crippen molar-refractivity contribution in [3.8, 4) is 11.5 Å². The molecule has 1 heterocycles. The van der Waals surface area contributed by atoms with Crippen LogP contribution in [0.3, 0.4) is 0 Å². The Morgan fingerprint density at radius 3 is 2.46 bits per heavy atom. The number of ether oxygens (including phenoxy) is 2. The molecule has 0 spiro atoms. The molecular formula is C26H19Br2FN2O5S. The van der Waals surface area contributed by atoms with Crippen molar-refractivity contribution in [1.29, 1.82) is 0 Å². The number of thioether (sulfide) groups is 1. The molecule has 0 aliphatic carbocycles. The number of nitrogens with one attached hydrogen (secondary N) is 1. The van der Waals surface area contributed by atoms with Gasteiger partial charge in [0.25, 0.3) is 11.1 Å². The fraction of sp³-hybridized carbons (Fsp3) is 0.115. The van der Waals surface area contributed by atoms with E-state index >= 15 is 0 Å². The van der Waals surface area contributed by atoms with Crippen LogP contribution in [-0.4, -0.2) is 35.6 Å². The summed E-state index contributed by atoms with van der Waals surface area (Å²) in [6.07, 6.45) is 1.55. The quantitative estimate of drug-likeness (QED) is 0.276. The molecule has 0 bridgehead atoms. The third-order valence-corrected chi connectivity index (χ3v) is 7.29. The maximum atomic E-state index is 13.9. The van der Waals surface area contributed by atoms with Gasteiger partial charge in [0.1, 0.15) is 30.5 Å². The number of imide groups is 1. The van der Waals surface area contributed by atoms with Gasteiger partial charge in [-0.1, -0.05) is 30.3 Å². The van der Waals surface area contributed by atoms with Crippen molar-refractivity contribution >= 4 is 72.4 Å². The lowest BCUT2D eigenvalue weighted by Gasteiger charge is -2.14. The van der Waals surface area contributed by atoms with E-state index in [0.29, 0.717) is 37.3 Å². The standard InChI is InChI=1S/C26H19Br2FN2O5S/c1-35-21-9-5-4-8-20(21)30-23(32)13-31-25(33)22(37-26(31)34)12-15-10-17(27)24(18(28)11-15)36-14-16-6-2-3-7-19(16)29/h2-12H,13-14H2,1H3,(H,30,32)/b22-12+. The summed E-state index contributed by atoms with van der Waals surface area (Å²) in [6.45, 7) is -0.407. The number of carbonyl (C=O) groups excluding carboxylic acids is 3. The molecule has 0 radical (unpaired) electrons. The molecule has 4 rings (SSSR count). The lowest BCUT2D eigenvalue weighted by Crippen LogP contribution is -2.36. The number of para-hydroxylation sites is 2. The lowest BCUT2D eigenvalue weighted by molar-refractivity contribution is -0.127. The van der Waals surface area contributed by atoms with E-state index < -0.39 is 23.6 Å². The van der Waals surface area contributed by atoms with E-state index in [-0.39, 0.29) is 17.3 Å². The van der Waals surface area contributed by atoms with E-state index in [9.17, 15) is 18.8 Å². The third kappa shape index (κ3) is 6.41. The second kappa shape index (κ2) is 11.9. The average molecular weight is 650 g/mol. The Morgan fingerprint density at radius 2 is 1.76 bits per heavy atom. The topological polar surface area (TPSA) is 84.9 Å². The van der Waals surface area contributed by atoms with Crippen molar-refractivity contribution in [3.05, 3.63) is 91.5 Å². The predicted molar refractivity (Wildman–Crippen MR) is 147 cm³/mol. The van der Waals surface area contributed by atoms with Crippen molar-refractivity contribution in [2.45, 2.75) is 6.61 Å². The summed E-state index contributed by atoms with van der Waals surface area (Å²) in [5, 5.41) is 2.11. The largest absolute Gasteiger partial charge is 0.495 e. The first-order chi connectivity index (χ1) is 17.8. The number of halogens is 3. The Labute approximate surface area is 233 Å². The molecule has 3 aromatic rings. The number of amides is 3. The third-order valence-electron chi connectivity index (χ3n) is 5.20. The van der Waals surface area contributed by atoms with Crippen molar-refractivity contribution in [2.24, 2.45) is 0 Å². The summed E-state index contributed by atoms with van der Waals surface area (Å²) in [5.41, 5.74) is 1.46. The predicted octanol–water partition coefficient (Wildman–Crippen LogP) is 6.61. The Balaban J connectivity index is 1.45. The minimum absolute atomic E-state index is 0.0268. The van der Waals surface area contributed by atoms with Crippen LogP contribution in [0.25, 0.3) is 6.08 Å². The molecule has 1 fully saturated rings. The molecule has 11 heteroatoms. The van der Waals surface area contributed by atoms with Gasteiger partial charge in [0.2, 0.25) is 5.91 Å². The first kappa shape index (κ1) is 26.9. The molecule has 1 aliphatic heterocycles. The number of methoxy groups -OCH3 is 1. The van der Waals surface area contributed by atoms with Gasteiger partial charge in [-0.2, -0.15) is 0 Å². The average Bonchev–Trinajstić information content (AvgIpc) is 3.12. The van der Waals surface area contributed by atoms with Crippen LogP contribution in [0.2, 0.25) is 0 Å². The van der Waals surface area contributed by atoms with Crippen LogP contribution >= 0.6 is 43.6 Å². The second-order valence-corrected chi connectivity index (χ2v) is 10.4. The molecule has 1 saturated heterocycles. The fourth-order valence-electron chi connectivity index (χ4n) is 3.44. The molecule has 190 valence electrons. The molecule has 0 unspecified atom stereocenters. The van der Waals surface area contributed by atoms with E-state index in [1.807, 2.05) is 0 Å². The first-order valence-electron chi connectivity index (χ1n) is 10.8. The van der Waals surface area contributed by atoms with E-state index in [2.05, 4.69) is 37.2 Å². The summed E-state index contributed by atoms with van der Waals surface area (Å²) in [6, 6.07) is 16.6. The zero-order valence-corrected chi connectivity index (χ0v) is 23.3. The molecule has 7 nitrogen and oxygen atoms in total. The summed E-state index contributed by atoms with van der Waals surface area (Å²) in [7, 11) is 1.48. The van der Waals surface area contributed by atoms with E-state index in [0.717, 1.165) is 16.7 Å². The van der Waals surface area contributed by atoms with E-state index in [1.54, 1.807) is 60.7 Å². The van der Waals surface area contributed by atoms with Crippen LogP contribution in [-0.2, 0) is 16.2 Å². The number of nitrogens with zero attached hydrogens (tertiary/aromatic N) is 1. The van der Waals surface area contributed by atoms with Crippen LogP contribution in [0, 0.1) is 5.82 Å². The Bertz CT molecular complexity index is 1390. The first-order valence-corrected chi connectivity index (χ1v) is 13.2. The van der Waals surface area contributed by atoms with Crippen LogP contribution in [0.15, 0.2) is 74.5 Å². The highest BCUT2D eigenvalue weighted by Crippen LogP contribution is 2.38. The summed E-state index contributed by atoms with van der Waals surface area (Å²) in [4.78, 5) is 38.9. The minimum Gasteiger partial charge on any atom is -0.495 e. The minimum atomic E-state index is -0.572. The molecule has 1 N–H and O–H groups in total. The highest BCUT2D eigenvalue weighted by molar-refractivity contribution is 9.11. The summed E-state index contributed by atoms with van der Waals surface area (Å²) in [5.74, 6) is -0.547. The van der Waals surface area contributed by atoms with Crippen molar-refractivity contribution < 1.29 is 28.2 Å². The fourth-order valence-corrected chi connectivity index (χ4v) is 5.72. The normalized spacial score (nSPS) is 14.3.